The van der Waals surface area contributed by atoms with Crippen LogP contribution in [-0.4, -0.2) is 30.3 Å². The Morgan fingerprint density at radius 3 is 2.76 bits per heavy atom. The molecule has 25 heavy (non-hydrogen) atoms. The van der Waals surface area contributed by atoms with Crippen molar-refractivity contribution in [3.63, 3.8) is 0 Å². The summed E-state index contributed by atoms with van der Waals surface area (Å²) in [6.07, 6.45) is 3.57. The summed E-state index contributed by atoms with van der Waals surface area (Å²) >= 11 is 0. The monoisotopic (exact) mass is 336 g/mol. The number of hydrogen-bond donors (Lipinski definition) is 2. The maximum atomic E-state index is 6.15. The minimum Gasteiger partial charge on any atom is -0.497 e. The number of hydrogen-bond acceptors (Lipinski definition) is 4. The van der Waals surface area contributed by atoms with Crippen molar-refractivity contribution in [1.82, 2.24) is 10.2 Å². The number of nitrogens with zero attached hydrogens (tertiary/aromatic N) is 2. The second-order valence-corrected chi connectivity index (χ2v) is 5.46. The van der Waals surface area contributed by atoms with Crippen LogP contribution in [0.5, 0.6) is 11.5 Å². The first kappa shape index (κ1) is 16.6. The summed E-state index contributed by atoms with van der Waals surface area (Å²) in [6.45, 7) is 0.481. The van der Waals surface area contributed by atoms with E-state index in [1.54, 1.807) is 20.4 Å². The van der Waals surface area contributed by atoms with Crippen molar-refractivity contribution in [3.8, 4) is 22.6 Å². The molecule has 0 spiro atoms. The van der Waals surface area contributed by atoms with Crippen LogP contribution in [0.3, 0.4) is 0 Å². The van der Waals surface area contributed by atoms with E-state index >= 15 is 0 Å². The fraction of sp³-hybridized carbons (Fsp3) is 0.158. The number of methoxy groups -OCH3 is 2. The number of aromatic amines is 1. The molecule has 0 aliphatic heterocycles. The molecule has 3 aromatic rings. The van der Waals surface area contributed by atoms with Gasteiger partial charge < -0.3 is 15.2 Å². The SMILES string of the molecule is COc1cccc(CN=C(N)c2ccc(-c3cn[nH]c3)c(OC)c2)c1. The van der Waals surface area contributed by atoms with Crippen molar-refractivity contribution in [2.45, 2.75) is 6.54 Å². The molecule has 0 saturated carbocycles. The lowest BCUT2D eigenvalue weighted by Gasteiger charge is -2.09. The number of ether oxygens (including phenoxy) is 2. The van der Waals surface area contributed by atoms with Gasteiger partial charge in [-0.15, -0.1) is 0 Å². The smallest absolute Gasteiger partial charge is 0.127 e. The van der Waals surface area contributed by atoms with E-state index in [2.05, 4.69) is 15.2 Å². The molecule has 0 radical (unpaired) electrons. The number of amidine groups is 1. The van der Waals surface area contributed by atoms with Crippen molar-refractivity contribution in [2.75, 3.05) is 14.2 Å². The van der Waals surface area contributed by atoms with Gasteiger partial charge in [0.2, 0.25) is 0 Å². The summed E-state index contributed by atoms with van der Waals surface area (Å²) in [6, 6.07) is 13.5. The fourth-order valence-corrected chi connectivity index (χ4v) is 2.53. The van der Waals surface area contributed by atoms with Crippen LogP contribution in [0.1, 0.15) is 11.1 Å². The predicted molar refractivity (Wildman–Crippen MR) is 98.0 cm³/mol. The second-order valence-electron chi connectivity index (χ2n) is 5.46. The van der Waals surface area contributed by atoms with Crippen molar-refractivity contribution in [3.05, 3.63) is 66.0 Å². The number of aliphatic imine (C=N–C) groups is 1. The molecule has 1 aromatic heterocycles. The van der Waals surface area contributed by atoms with Crippen LogP contribution in [0.15, 0.2) is 59.9 Å². The van der Waals surface area contributed by atoms with Crippen molar-refractivity contribution < 1.29 is 9.47 Å². The minimum absolute atomic E-state index is 0.458. The molecule has 0 unspecified atom stereocenters. The number of nitrogens with two attached hydrogens (primary N) is 1. The summed E-state index contributed by atoms with van der Waals surface area (Å²) in [4.78, 5) is 4.47. The number of rotatable bonds is 6. The normalized spacial score (nSPS) is 11.4. The fourth-order valence-electron chi connectivity index (χ4n) is 2.53. The Labute approximate surface area is 146 Å². The molecule has 1 heterocycles. The average molecular weight is 336 g/mol. The highest BCUT2D eigenvalue weighted by molar-refractivity contribution is 5.98. The number of nitrogens with one attached hydrogen (secondary N) is 1. The molecule has 0 saturated heterocycles. The topological polar surface area (TPSA) is 85.5 Å². The van der Waals surface area contributed by atoms with E-state index < -0.39 is 0 Å². The molecule has 6 heteroatoms. The highest BCUT2D eigenvalue weighted by Crippen LogP contribution is 2.30. The Hall–Kier alpha value is -3.28. The quantitative estimate of drug-likeness (QED) is 0.535. The van der Waals surface area contributed by atoms with Crippen molar-refractivity contribution in [2.24, 2.45) is 10.7 Å². The Bertz CT molecular complexity index is 873. The summed E-state index contributed by atoms with van der Waals surface area (Å²) in [5, 5.41) is 6.77. The van der Waals surface area contributed by atoms with Gasteiger partial charge in [-0.2, -0.15) is 5.10 Å². The van der Waals surface area contributed by atoms with Gasteiger partial charge in [0, 0.05) is 22.9 Å². The average Bonchev–Trinajstić information content (AvgIpc) is 3.20. The summed E-state index contributed by atoms with van der Waals surface area (Å²) in [5.41, 5.74) is 9.89. The highest BCUT2D eigenvalue weighted by Gasteiger charge is 2.09. The number of benzene rings is 2. The van der Waals surface area contributed by atoms with Gasteiger partial charge in [-0.05, 0) is 29.8 Å². The largest absolute Gasteiger partial charge is 0.497 e. The van der Waals surface area contributed by atoms with Crippen LogP contribution < -0.4 is 15.2 Å². The van der Waals surface area contributed by atoms with Gasteiger partial charge in [0.05, 0.1) is 27.0 Å². The van der Waals surface area contributed by atoms with Gasteiger partial charge in [-0.3, -0.25) is 10.1 Å². The van der Waals surface area contributed by atoms with Crippen LogP contribution in [0.2, 0.25) is 0 Å². The zero-order chi connectivity index (χ0) is 17.6. The number of aromatic nitrogens is 2. The Morgan fingerprint density at radius 2 is 2.04 bits per heavy atom. The Balaban J connectivity index is 1.82. The van der Waals surface area contributed by atoms with Gasteiger partial charge in [0.15, 0.2) is 0 Å². The maximum absolute atomic E-state index is 6.15. The van der Waals surface area contributed by atoms with E-state index in [9.17, 15) is 0 Å². The first-order valence-corrected chi connectivity index (χ1v) is 7.81. The lowest BCUT2D eigenvalue weighted by Crippen LogP contribution is -2.14. The van der Waals surface area contributed by atoms with E-state index in [1.807, 2.05) is 48.7 Å². The van der Waals surface area contributed by atoms with Crippen LogP contribution >= 0.6 is 0 Å². The van der Waals surface area contributed by atoms with Crippen LogP contribution in [0, 0.1) is 0 Å². The third-order valence-electron chi connectivity index (χ3n) is 3.87. The molecule has 128 valence electrons. The summed E-state index contributed by atoms with van der Waals surface area (Å²) in [7, 11) is 3.27. The first-order valence-electron chi connectivity index (χ1n) is 7.81. The highest BCUT2D eigenvalue weighted by atomic mass is 16.5. The second kappa shape index (κ2) is 7.53. The molecule has 0 atom stereocenters. The lowest BCUT2D eigenvalue weighted by molar-refractivity contribution is 0.414. The van der Waals surface area contributed by atoms with Crippen LogP contribution in [0.25, 0.3) is 11.1 Å². The molecule has 3 N–H and O–H groups in total. The molecule has 0 aliphatic rings. The summed E-state index contributed by atoms with van der Waals surface area (Å²) < 4.78 is 10.7. The van der Waals surface area contributed by atoms with E-state index in [0.29, 0.717) is 12.4 Å². The maximum Gasteiger partial charge on any atom is 0.127 e. The molecule has 0 bridgehead atoms. The molecular weight excluding hydrogens is 316 g/mol. The standard InChI is InChI=1S/C19H20N4O2/c1-24-16-5-3-4-13(8-16)10-21-19(20)14-6-7-17(18(9-14)25-2)15-11-22-23-12-15/h3-9,11-12H,10H2,1-2H3,(H2,20,21)(H,22,23). The Kier molecular flexibility index (Phi) is 4.99. The van der Waals surface area contributed by atoms with E-state index in [4.69, 9.17) is 15.2 Å². The van der Waals surface area contributed by atoms with Crippen LogP contribution in [-0.2, 0) is 6.54 Å². The van der Waals surface area contributed by atoms with Crippen LogP contribution in [0.4, 0.5) is 0 Å². The van der Waals surface area contributed by atoms with Gasteiger partial charge in [-0.25, -0.2) is 0 Å². The predicted octanol–water partition coefficient (Wildman–Crippen LogP) is 3.00. The first-order chi connectivity index (χ1) is 12.2. The third-order valence-corrected chi connectivity index (χ3v) is 3.87. The molecule has 0 amide bonds. The van der Waals surface area contributed by atoms with Gasteiger partial charge in [-0.1, -0.05) is 18.2 Å². The van der Waals surface area contributed by atoms with E-state index in [0.717, 1.165) is 33.8 Å². The van der Waals surface area contributed by atoms with Gasteiger partial charge in [0.1, 0.15) is 17.3 Å². The van der Waals surface area contributed by atoms with Crippen molar-refractivity contribution >= 4 is 5.84 Å². The zero-order valence-corrected chi connectivity index (χ0v) is 14.2. The third kappa shape index (κ3) is 3.80. The molecule has 3 rings (SSSR count). The minimum atomic E-state index is 0.458. The van der Waals surface area contributed by atoms with E-state index in [1.165, 1.54) is 0 Å². The Morgan fingerprint density at radius 1 is 1.16 bits per heavy atom. The molecule has 0 fully saturated rings. The van der Waals surface area contributed by atoms with Gasteiger partial charge >= 0.3 is 0 Å². The zero-order valence-electron chi connectivity index (χ0n) is 14.2. The number of H-pyrrole nitrogens is 1. The molecular formula is C19H20N4O2. The molecule has 0 aliphatic carbocycles. The van der Waals surface area contributed by atoms with Gasteiger partial charge in [0.25, 0.3) is 0 Å². The molecule has 2 aromatic carbocycles. The van der Waals surface area contributed by atoms with Crippen molar-refractivity contribution in [1.29, 1.82) is 0 Å². The molecule has 6 nitrogen and oxygen atoms in total. The summed E-state index contributed by atoms with van der Waals surface area (Å²) in [5.74, 6) is 1.98. The lowest BCUT2D eigenvalue weighted by atomic mass is 10.1. The van der Waals surface area contributed by atoms with E-state index in [-0.39, 0.29) is 0 Å².